The molecule has 0 saturated carbocycles. The minimum Gasteiger partial charge on any atom is -0.355 e. The van der Waals surface area contributed by atoms with Crippen molar-refractivity contribution in [1.29, 1.82) is 0 Å². The van der Waals surface area contributed by atoms with Gasteiger partial charge in [-0.05, 0) is 38.3 Å². The molecular weight excluding hydrogens is 240 g/mol. The molecule has 1 heterocycles. The maximum Gasteiger partial charge on any atom is 0.220 e. The van der Waals surface area contributed by atoms with E-state index in [-0.39, 0.29) is 18.2 Å². The van der Waals surface area contributed by atoms with Crippen LogP contribution in [0.15, 0.2) is 0 Å². The average Bonchev–Trinajstić information content (AvgIpc) is 2.26. The first-order valence-electron chi connectivity index (χ1n) is 6.12. The number of hydrogen-bond acceptors (Lipinski definition) is 4. The van der Waals surface area contributed by atoms with Crippen molar-refractivity contribution in [3.8, 4) is 0 Å². The second kappa shape index (κ2) is 6.96. The predicted molar refractivity (Wildman–Crippen MR) is 67.5 cm³/mol. The third-order valence-corrected chi connectivity index (χ3v) is 3.92. The maximum atomic E-state index is 11.4. The van der Waals surface area contributed by atoms with Crippen LogP contribution in [0, 0.1) is 5.92 Å². The van der Waals surface area contributed by atoms with Crippen molar-refractivity contribution in [2.45, 2.75) is 25.7 Å². The van der Waals surface area contributed by atoms with E-state index in [4.69, 9.17) is 0 Å². The van der Waals surface area contributed by atoms with Crippen LogP contribution in [0.1, 0.15) is 25.7 Å². The van der Waals surface area contributed by atoms with Crippen LogP contribution in [0.2, 0.25) is 0 Å². The Hall–Kier alpha value is -0.620. The summed E-state index contributed by atoms with van der Waals surface area (Å²) >= 11 is 0. The number of carbonyl (C=O) groups excluding carboxylic acids is 1. The van der Waals surface area contributed by atoms with Gasteiger partial charge in [0.2, 0.25) is 5.91 Å². The molecule has 1 amide bonds. The van der Waals surface area contributed by atoms with Crippen LogP contribution in [0.25, 0.3) is 0 Å². The minimum atomic E-state index is -2.98. The van der Waals surface area contributed by atoms with Gasteiger partial charge in [-0.2, -0.15) is 0 Å². The highest BCUT2D eigenvalue weighted by molar-refractivity contribution is 7.90. The number of nitrogens with one attached hydrogen (secondary N) is 2. The van der Waals surface area contributed by atoms with Gasteiger partial charge in [-0.25, -0.2) is 8.42 Å². The molecule has 0 aromatic carbocycles. The maximum absolute atomic E-state index is 11.4. The van der Waals surface area contributed by atoms with Crippen molar-refractivity contribution in [2.24, 2.45) is 5.92 Å². The number of piperidine rings is 1. The lowest BCUT2D eigenvalue weighted by atomic mass is 9.94. The van der Waals surface area contributed by atoms with Gasteiger partial charge in [0.25, 0.3) is 0 Å². The summed E-state index contributed by atoms with van der Waals surface area (Å²) < 4.78 is 21.7. The van der Waals surface area contributed by atoms with Gasteiger partial charge in [0, 0.05) is 19.2 Å². The quantitative estimate of drug-likeness (QED) is 0.702. The van der Waals surface area contributed by atoms with Crippen LogP contribution in [0.5, 0.6) is 0 Å². The Morgan fingerprint density at radius 3 is 2.82 bits per heavy atom. The molecule has 5 nitrogen and oxygen atoms in total. The van der Waals surface area contributed by atoms with E-state index >= 15 is 0 Å². The molecule has 1 aliphatic heterocycles. The van der Waals surface area contributed by atoms with E-state index in [2.05, 4.69) is 10.6 Å². The Bertz CT molecular complexity index is 335. The van der Waals surface area contributed by atoms with Crippen LogP contribution >= 0.6 is 0 Å². The minimum absolute atomic E-state index is 0.0176. The SMILES string of the molecule is CS(=O)(=O)CCNC(=O)CCC1CCCNC1. The molecule has 6 heteroatoms. The highest BCUT2D eigenvalue weighted by atomic mass is 32.2. The third-order valence-electron chi connectivity index (χ3n) is 2.97. The van der Waals surface area contributed by atoms with E-state index in [1.165, 1.54) is 19.1 Å². The molecule has 1 rings (SSSR count). The van der Waals surface area contributed by atoms with Crippen LogP contribution in [-0.2, 0) is 14.6 Å². The predicted octanol–water partition coefficient (Wildman–Crippen LogP) is -0.0730. The van der Waals surface area contributed by atoms with E-state index in [0.29, 0.717) is 12.3 Å². The monoisotopic (exact) mass is 262 g/mol. The molecule has 0 aromatic rings. The molecule has 17 heavy (non-hydrogen) atoms. The molecule has 0 aromatic heterocycles. The summed E-state index contributed by atoms with van der Waals surface area (Å²) in [7, 11) is -2.98. The number of amides is 1. The fourth-order valence-corrected chi connectivity index (χ4v) is 2.44. The number of hydrogen-bond donors (Lipinski definition) is 2. The summed E-state index contributed by atoms with van der Waals surface area (Å²) in [6, 6.07) is 0. The molecule has 100 valence electrons. The lowest BCUT2D eigenvalue weighted by Crippen LogP contribution is -2.32. The Balaban J connectivity index is 2.08. The highest BCUT2D eigenvalue weighted by Gasteiger charge is 2.14. The second-order valence-electron chi connectivity index (χ2n) is 4.73. The standard InChI is InChI=1S/C11H22N2O3S/c1-17(15,16)8-7-13-11(14)5-4-10-3-2-6-12-9-10/h10,12H,2-9H2,1H3,(H,13,14). The number of sulfone groups is 1. The molecule has 0 spiro atoms. The van der Waals surface area contributed by atoms with Crippen molar-refractivity contribution in [3.05, 3.63) is 0 Å². The Labute approximate surface area is 103 Å². The Kier molecular flexibility index (Phi) is 5.91. The highest BCUT2D eigenvalue weighted by Crippen LogP contribution is 2.15. The number of carbonyl (C=O) groups is 1. The van der Waals surface area contributed by atoms with E-state index in [1.54, 1.807) is 0 Å². The summed E-state index contributed by atoms with van der Waals surface area (Å²) in [5.41, 5.74) is 0. The Morgan fingerprint density at radius 1 is 1.47 bits per heavy atom. The first kappa shape index (κ1) is 14.4. The van der Waals surface area contributed by atoms with Gasteiger partial charge in [-0.3, -0.25) is 4.79 Å². The molecule has 2 N–H and O–H groups in total. The fourth-order valence-electron chi connectivity index (χ4n) is 1.97. The van der Waals surface area contributed by atoms with Gasteiger partial charge < -0.3 is 10.6 Å². The molecule has 1 aliphatic rings. The molecule has 0 bridgehead atoms. The van der Waals surface area contributed by atoms with Crippen LogP contribution in [0.4, 0.5) is 0 Å². The number of rotatable bonds is 6. The van der Waals surface area contributed by atoms with E-state index < -0.39 is 9.84 Å². The van der Waals surface area contributed by atoms with Crippen LogP contribution in [0.3, 0.4) is 0 Å². The van der Waals surface area contributed by atoms with Crippen molar-refractivity contribution in [2.75, 3.05) is 31.6 Å². The van der Waals surface area contributed by atoms with Crippen molar-refractivity contribution < 1.29 is 13.2 Å². The van der Waals surface area contributed by atoms with Gasteiger partial charge >= 0.3 is 0 Å². The Morgan fingerprint density at radius 2 is 2.24 bits per heavy atom. The van der Waals surface area contributed by atoms with Crippen molar-refractivity contribution >= 4 is 15.7 Å². The molecule has 1 fully saturated rings. The summed E-state index contributed by atoms with van der Waals surface area (Å²) in [5, 5.41) is 5.95. The van der Waals surface area contributed by atoms with Crippen molar-refractivity contribution in [3.63, 3.8) is 0 Å². The largest absolute Gasteiger partial charge is 0.355 e. The fraction of sp³-hybridized carbons (Fsp3) is 0.909. The first-order chi connectivity index (χ1) is 7.97. The summed E-state index contributed by atoms with van der Waals surface area (Å²) in [4.78, 5) is 11.4. The van der Waals surface area contributed by atoms with Gasteiger partial charge in [0.1, 0.15) is 9.84 Å². The van der Waals surface area contributed by atoms with Crippen molar-refractivity contribution in [1.82, 2.24) is 10.6 Å². The normalized spacial score (nSPS) is 21.1. The zero-order valence-corrected chi connectivity index (χ0v) is 11.2. The summed E-state index contributed by atoms with van der Waals surface area (Å²) in [5.74, 6) is 0.563. The zero-order valence-electron chi connectivity index (χ0n) is 10.4. The topological polar surface area (TPSA) is 75.3 Å². The second-order valence-corrected chi connectivity index (χ2v) is 6.99. The third kappa shape index (κ3) is 7.33. The van der Waals surface area contributed by atoms with Crippen LogP contribution in [-0.4, -0.2) is 46.0 Å². The van der Waals surface area contributed by atoms with E-state index in [9.17, 15) is 13.2 Å². The molecule has 1 saturated heterocycles. The van der Waals surface area contributed by atoms with Gasteiger partial charge in [0.05, 0.1) is 5.75 Å². The summed E-state index contributed by atoms with van der Waals surface area (Å²) in [6.07, 6.45) is 4.92. The van der Waals surface area contributed by atoms with Gasteiger partial charge in [0.15, 0.2) is 0 Å². The zero-order chi connectivity index (χ0) is 12.7. The van der Waals surface area contributed by atoms with E-state index in [1.807, 2.05) is 0 Å². The molecule has 1 unspecified atom stereocenters. The van der Waals surface area contributed by atoms with Crippen LogP contribution < -0.4 is 10.6 Å². The summed E-state index contributed by atoms with van der Waals surface area (Å²) in [6.45, 7) is 2.30. The van der Waals surface area contributed by atoms with Gasteiger partial charge in [-0.15, -0.1) is 0 Å². The first-order valence-corrected chi connectivity index (χ1v) is 8.18. The molecule has 1 atom stereocenters. The van der Waals surface area contributed by atoms with E-state index in [0.717, 1.165) is 19.5 Å². The average molecular weight is 262 g/mol. The lowest BCUT2D eigenvalue weighted by Gasteiger charge is -2.22. The van der Waals surface area contributed by atoms with Gasteiger partial charge in [-0.1, -0.05) is 0 Å². The molecule has 0 radical (unpaired) electrons. The molecule has 0 aliphatic carbocycles. The molecular formula is C11H22N2O3S. The lowest BCUT2D eigenvalue weighted by molar-refractivity contribution is -0.121. The smallest absolute Gasteiger partial charge is 0.220 e.